The maximum Gasteiger partial charge on any atom is 0.250 e. The minimum Gasteiger partial charge on any atom is -0.469 e. The third-order valence-electron chi connectivity index (χ3n) is 2.59. The highest BCUT2D eigenvalue weighted by atomic mass is 79.9. The summed E-state index contributed by atoms with van der Waals surface area (Å²) in [6, 6.07) is 6.64. The van der Waals surface area contributed by atoms with Gasteiger partial charge >= 0.3 is 0 Å². The summed E-state index contributed by atoms with van der Waals surface area (Å²) in [5, 5.41) is 10.2. The van der Waals surface area contributed by atoms with E-state index in [9.17, 15) is 13.5 Å². The van der Waals surface area contributed by atoms with Crippen molar-refractivity contribution in [3.8, 4) is 0 Å². The zero-order chi connectivity index (χ0) is 14.8. The highest BCUT2D eigenvalue weighted by molar-refractivity contribution is 9.11. The van der Waals surface area contributed by atoms with E-state index in [0.29, 0.717) is 5.76 Å². The Kier molecular flexibility index (Phi) is 4.70. The second-order valence-corrected chi connectivity index (χ2v) is 9.09. The largest absolute Gasteiger partial charge is 0.469 e. The van der Waals surface area contributed by atoms with Crippen LogP contribution in [-0.2, 0) is 16.4 Å². The number of rotatable bonds is 6. The molecule has 0 amide bonds. The summed E-state index contributed by atoms with van der Waals surface area (Å²) in [4.78, 5) is 0. The van der Waals surface area contributed by atoms with E-state index >= 15 is 0 Å². The van der Waals surface area contributed by atoms with Gasteiger partial charge in [0.2, 0.25) is 10.0 Å². The molecule has 0 aliphatic carbocycles. The van der Waals surface area contributed by atoms with Gasteiger partial charge in [0, 0.05) is 13.0 Å². The first kappa shape index (κ1) is 15.7. The van der Waals surface area contributed by atoms with E-state index < -0.39 is 15.6 Å². The number of hydrogen-bond acceptors (Lipinski definition) is 5. The summed E-state index contributed by atoms with van der Waals surface area (Å²) in [6.07, 6.45) is 1.75. The standard InChI is InChI=1S/C12H14BrNO4S2/c1-12(15,7-9-3-2-6-18-9)8-14-20(16,17)11-5-4-10(13)19-11/h2-6,14-15H,7-8H2,1H3/t12-/m0/s1. The molecule has 0 unspecified atom stereocenters. The zero-order valence-electron chi connectivity index (χ0n) is 10.7. The minimum atomic E-state index is -3.60. The van der Waals surface area contributed by atoms with Gasteiger partial charge in [0.05, 0.1) is 15.7 Å². The predicted molar refractivity (Wildman–Crippen MR) is 80.2 cm³/mol. The highest BCUT2D eigenvalue weighted by Crippen LogP contribution is 2.26. The van der Waals surface area contributed by atoms with Crippen molar-refractivity contribution < 1.29 is 17.9 Å². The lowest BCUT2D eigenvalue weighted by atomic mass is 10.0. The first-order valence-electron chi connectivity index (χ1n) is 5.78. The van der Waals surface area contributed by atoms with E-state index in [4.69, 9.17) is 4.42 Å². The molecule has 2 aromatic rings. The van der Waals surface area contributed by atoms with Crippen LogP contribution in [0.1, 0.15) is 12.7 Å². The van der Waals surface area contributed by atoms with Crippen LogP contribution < -0.4 is 4.72 Å². The van der Waals surface area contributed by atoms with E-state index in [1.165, 1.54) is 12.3 Å². The van der Waals surface area contributed by atoms with Gasteiger partial charge < -0.3 is 9.52 Å². The molecule has 0 aliphatic rings. The Hall–Kier alpha value is -0.670. The quantitative estimate of drug-likeness (QED) is 0.807. The molecular weight excluding hydrogens is 366 g/mol. The van der Waals surface area contributed by atoms with Gasteiger partial charge in [-0.2, -0.15) is 0 Å². The molecule has 0 fully saturated rings. The average Bonchev–Trinajstić information content (AvgIpc) is 2.98. The topological polar surface area (TPSA) is 79.5 Å². The second-order valence-electron chi connectivity index (χ2n) is 4.64. The summed E-state index contributed by atoms with van der Waals surface area (Å²) >= 11 is 4.34. The van der Waals surface area contributed by atoms with Crippen LogP contribution in [0.5, 0.6) is 0 Å². The lowest BCUT2D eigenvalue weighted by Crippen LogP contribution is -2.41. The van der Waals surface area contributed by atoms with E-state index in [1.54, 1.807) is 25.1 Å². The highest BCUT2D eigenvalue weighted by Gasteiger charge is 2.26. The average molecular weight is 380 g/mol. The Morgan fingerprint density at radius 2 is 2.20 bits per heavy atom. The molecule has 2 rings (SSSR count). The zero-order valence-corrected chi connectivity index (χ0v) is 13.9. The van der Waals surface area contributed by atoms with Gasteiger partial charge in [0.25, 0.3) is 0 Å². The molecule has 2 heterocycles. The molecule has 0 saturated carbocycles. The molecule has 20 heavy (non-hydrogen) atoms. The molecule has 8 heteroatoms. The summed E-state index contributed by atoms with van der Waals surface area (Å²) in [5.41, 5.74) is -1.22. The molecule has 0 aromatic carbocycles. The third-order valence-corrected chi connectivity index (χ3v) is 6.11. The normalized spacial score (nSPS) is 15.2. The van der Waals surface area contributed by atoms with Crippen molar-refractivity contribution in [2.24, 2.45) is 0 Å². The van der Waals surface area contributed by atoms with Crippen molar-refractivity contribution in [1.82, 2.24) is 4.72 Å². The predicted octanol–water partition coefficient (Wildman–Crippen LogP) is 2.38. The number of aliphatic hydroxyl groups is 1. The summed E-state index contributed by atoms with van der Waals surface area (Å²) in [6.45, 7) is 1.47. The number of sulfonamides is 1. The van der Waals surface area contributed by atoms with Crippen LogP contribution in [0, 0.1) is 0 Å². The van der Waals surface area contributed by atoms with Crippen LogP contribution in [0.4, 0.5) is 0 Å². The minimum absolute atomic E-state index is 0.0917. The van der Waals surface area contributed by atoms with E-state index in [2.05, 4.69) is 20.7 Å². The Balaban J connectivity index is 2.00. The molecule has 0 radical (unpaired) electrons. The number of hydrogen-bond donors (Lipinski definition) is 2. The SMILES string of the molecule is C[C@@](O)(CNS(=O)(=O)c1ccc(Br)s1)Cc1ccco1. The maximum absolute atomic E-state index is 12.0. The molecule has 2 N–H and O–H groups in total. The number of furan rings is 1. The van der Waals surface area contributed by atoms with E-state index in [0.717, 1.165) is 15.1 Å². The van der Waals surface area contributed by atoms with Gasteiger partial charge in [-0.3, -0.25) is 0 Å². The van der Waals surface area contributed by atoms with Gasteiger partial charge in [0.15, 0.2) is 0 Å². The number of halogens is 1. The smallest absolute Gasteiger partial charge is 0.250 e. The Morgan fingerprint density at radius 1 is 1.45 bits per heavy atom. The van der Waals surface area contributed by atoms with Gasteiger partial charge in [-0.05, 0) is 47.1 Å². The number of nitrogens with one attached hydrogen (secondary N) is 1. The fraction of sp³-hybridized carbons (Fsp3) is 0.333. The third kappa shape index (κ3) is 4.16. The molecule has 0 aliphatic heterocycles. The van der Waals surface area contributed by atoms with Gasteiger partial charge in [-0.15, -0.1) is 11.3 Å². The fourth-order valence-electron chi connectivity index (χ4n) is 1.61. The molecular formula is C12H14BrNO4S2. The molecule has 0 saturated heterocycles. The van der Waals surface area contributed by atoms with Gasteiger partial charge in [-0.25, -0.2) is 13.1 Å². The van der Waals surface area contributed by atoms with Crippen LogP contribution in [0.2, 0.25) is 0 Å². The lowest BCUT2D eigenvalue weighted by Gasteiger charge is -2.22. The van der Waals surface area contributed by atoms with Gasteiger partial charge in [-0.1, -0.05) is 0 Å². The fourth-order valence-corrected chi connectivity index (χ4v) is 4.83. The van der Waals surface area contributed by atoms with Crippen molar-refractivity contribution in [2.45, 2.75) is 23.2 Å². The molecule has 110 valence electrons. The monoisotopic (exact) mass is 379 g/mol. The van der Waals surface area contributed by atoms with Crippen LogP contribution in [0.15, 0.2) is 42.9 Å². The van der Waals surface area contributed by atoms with Crippen LogP contribution in [-0.4, -0.2) is 25.7 Å². The van der Waals surface area contributed by atoms with Crippen LogP contribution in [0.3, 0.4) is 0 Å². The van der Waals surface area contributed by atoms with Crippen molar-refractivity contribution in [2.75, 3.05) is 6.54 Å². The van der Waals surface area contributed by atoms with Crippen LogP contribution in [0.25, 0.3) is 0 Å². The van der Waals surface area contributed by atoms with Crippen LogP contribution >= 0.6 is 27.3 Å². The van der Waals surface area contributed by atoms with Crippen molar-refractivity contribution in [1.29, 1.82) is 0 Å². The first-order chi connectivity index (χ1) is 9.28. The van der Waals surface area contributed by atoms with E-state index in [-0.39, 0.29) is 17.2 Å². The molecule has 0 spiro atoms. The lowest BCUT2D eigenvalue weighted by molar-refractivity contribution is 0.0603. The number of thiophene rings is 1. The van der Waals surface area contributed by atoms with Crippen molar-refractivity contribution in [3.63, 3.8) is 0 Å². The van der Waals surface area contributed by atoms with Gasteiger partial charge in [0.1, 0.15) is 9.97 Å². The molecule has 5 nitrogen and oxygen atoms in total. The van der Waals surface area contributed by atoms with Crippen molar-refractivity contribution >= 4 is 37.3 Å². The van der Waals surface area contributed by atoms with E-state index in [1.807, 2.05) is 0 Å². The first-order valence-corrected chi connectivity index (χ1v) is 8.88. The second kappa shape index (κ2) is 5.98. The summed E-state index contributed by atoms with van der Waals surface area (Å²) < 4.78 is 32.6. The van der Waals surface area contributed by atoms with Crippen molar-refractivity contribution in [3.05, 3.63) is 40.1 Å². The molecule has 2 aromatic heterocycles. The Labute approximate surface area is 129 Å². The summed E-state index contributed by atoms with van der Waals surface area (Å²) in [7, 11) is -3.60. The molecule has 0 bridgehead atoms. The molecule has 1 atom stereocenters. The summed E-state index contributed by atoms with van der Waals surface area (Å²) in [5.74, 6) is 0.605. The Bertz CT molecular complexity index is 661. The maximum atomic E-state index is 12.0. The Morgan fingerprint density at radius 3 is 2.75 bits per heavy atom.